The van der Waals surface area contributed by atoms with Crippen LogP contribution in [0.3, 0.4) is 0 Å². The predicted octanol–water partition coefficient (Wildman–Crippen LogP) is 3.74. The van der Waals surface area contributed by atoms with Crippen molar-refractivity contribution < 1.29 is 9.53 Å². The molecule has 8 heteroatoms. The Morgan fingerprint density at radius 2 is 1.97 bits per heavy atom. The predicted molar refractivity (Wildman–Crippen MR) is 141 cm³/mol. The van der Waals surface area contributed by atoms with E-state index in [0.29, 0.717) is 35.9 Å². The normalized spacial score (nSPS) is 13.9. The highest BCUT2D eigenvalue weighted by atomic mass is 16.5. The van der Waals surface area contributed by atoms with Gasteiger partial charge in [-0.3, -0.25) is 9.59 Å². The van der Waals surface area contributed by atoms with Crippen LogP contribution in [0.15, 0.2) is 23.0 Å². The third-order valence-electron chi connectivity index (χ3n) is 6.43. The maximum Gasteiger partial charge on any atom is 0.253 e. The fraction of sp³-hybridized carbons (Fsp3) is 0.519. The van der Waals surface area contributed by atoms with E-state index >= 15 is 0 Å². The molecule has 1 aliphatic rings. The van der Waals surface area contributed by atoms with Gasteiger partial charge in [0.15, 0.2) is 0 Å². The molecule has 1 aromatic carbocycles. The van der Waals surface area contributed by atoms with Gasteiger partial charge in [0.2, 0.25) is 0 Å². The van der Waals surface area contributed by atoms with E-state index in [0.717, 1.165) is 48.3 Å². The molecule has 2 aromatic rings. The number of benzene rings is 1. The first-order valence-corrected chi connectivity index (χ1v) is 12.4. The third kappa shape index (κ3) is 7.50. The number of hydrogen-bond acceptors (Lipinski definition) is 6. The summed E-state index contributed by atoms with van der Waals surface area (Å²) in [5.41, 5.74) is 4.60. The number of amides is 1. The number of carbonyl (C=O) groups excluding carboxylic acids is 1. The number of pyridine rings is 1. The molecule has 0 bridgehead atoms. The van der Waals surface area contributed by atoms with Crippen LogP contribution in [0.2, 0.25) is 0 Å². The number of anilines is 1. The second kappa shape index (κ2) is 12.7. The van der Waals surface area contributed by atoms with Gasteiger partial charge >= 0.3 is 0 Å². The summed E-state index contributed by atoms with van der Waals surface area (Å²) in [6, 6.07) is 6.03. The summed E-state index contributed by atoms with van der Waals surface area (Å²) in [7, 11) is 4.07. The molecule has 190 valence electrons. The summed E-state index contributed by atoms with van der Waals surface area (Å²) in [5, 5.41) is 14.5. The Balaban J connectivity index is 1.81. The minimum Gasteiger partial charge on any atom is -0.382 e. The molecular formula is C27H39N5O3. The highest BCUT2D eigenvalue weighted by Gasteiger charge is 2.20. The zero-order chi connectivity index (χ0) is 25.4. The standard InChI is InChI=1S/C27H39N5O3/c1-18-12-19(2)30-27(34)24(18)16-29-26(33)22-13-20(17-35-11-7-10-32(3)4)14-25(23(22)15-28)31-21-8-5-6-9-21/h12-15,21,28,31H,5-11,16-17H2,1-4H3,(H,29,33)(H,30,34). The number of carbonyl (C=O) groups is 1. The lowest BCUT2D eigenvalue weighted by Gasteiger charge is -2.20. The summed E-state index contributed by atoms with van der Waals surface area (Å²) < 4.78 is 5.89. The quantitative estimate of drug-likeness (QED) is 0.273. The van der Waals surface area contributed by atoms with Gasteiger partial charge in [0.25, 0.3) is 11.5 Å². The molecule has 0 saturated heterocycles. The van der Waals surface area contributed by atoms with Gasteiger partial charge in [0.05, 0.1) is 12.2 Å². The number of nitrogens with one attached hydrogen (secondary N) is 4. The average molecular weight is 482 g/mol. The molecule has 1 fully saturated rings. The number of H-pyrrole nitrogens is 1. The Morgan fingerprint density at radius 1 is 1.23 bits per heavy atom. The number of ether oxygens (including phenoxy) is 1. The second-order valence-electron chi connectivity index (χ2n) is 9.71. The minimum atomic E-state index is -0.313. The lowest BCUT2D eigenvalue weighted by atomic mass is 10.00. The van der Waals surface area contributed by atoms with Gasteiger partial charge in [-0.15, -0.1) is 0 Å². The lowest BCUT2D eigenvalue weighted by Crippen LogP contribution is -2.29. The number of aromatic amines is 1. The second-order valence-corrected chi connectivity index (χ2v) is 9.71. The van der Waals surface area contributed by atoms with Crippen LogP contribution in [-0.4, -0.2) is 55.3 Å². The molecule has 4 N–H and O–H groups in total. The number of aryl methyl sites for hydroxylation is 2. The van der Waals surface area contributed by atoms with E-state index in [2.05, 4.69) is 20.5 Å². The zero-order valence-corrected chi connectivity index (χ0v) is 21.4. The van der Waals surface area contributed by atoms with Crippen molar-refractivity contribution in [1.82, 2.24) is 15.2 Å². The summed E-state index contributed by atoms with van der Waals surface area (Å²) in [5.74, 6) is -0.313. The number of hydrogen-bond donors (Lipinski definition) is 4. The molecule has 1 aliphatic carbocycles. The van der Waals surface area contributed by atoms with Gasteiger partial charge in [0.1, 0.15) is 0 Å². The first-order valence-electron chi connectivity index (χ1n) is 12.4. The maximum atomic E-state index is 13.3. The van der Waals surface area contributed by atoms with E-state index in [1.807, 2.05) is 40.1 Å². The van der Waals surface area contributed by atoms with Gasteiger partial charge in [0, 0.05) is 47.9 Å². The fourth-order valence-electron chi connectivity index (χ4n) is 4.59. The van der Waals surface area contributed by atoms with E-state index in [4.69, 9.17) is 10.1 Å². The molecule has 0 atom stereocenters. The molecule has 0 spiro atoms. The van der Waals surface area contributed by atoms with Crippen LogP contribution in [0.25, 0.3) is 0 Å². The van der Waals surface area contributed by atoms with Crippen molar-refractivity contribution in [2.75, 3.05) is 32.6 Å². The zero-order valence-electron chi connectivity index (χ0n) is 21.4. The van der Waals surface area contributed by atoms with Crippen LogP contribution in [-0.2, 0) is 17.9 Å². The summed E-state index contributed by atoms with van der Waals surface area (Å²) >= 11 is 0. The molecular weight excluding hydrogens is 442 g/mol. The van der Waals surface area contributed by atoms with Crippen molar-refractivity contribution in [3.05, 3.63) is 62.1 Å². The van der Waals surface area contributed by atoms with Crippen molar-refractivity contribution in [2.24, 2.45) is 0 Å². The van der Waals surface area contributed by atoms with E-state index in [1.165, 1.54) is 19.1 Å². The summed E-state index contributed by atoms with van der Waals surface area (Å²) in [6.07, 6.45) is 6.70. The molecule has 0 radical (unpaired) electrons. The maximum absolute atomic E-state index is 13.3. The first-order chi connectivity index (χ1) is 16.8. The lowest BCUT2D eigenvalue weighted by molar-refractivity contribution is 0.0949. The van der Waals surface area contributed by atoms with Crippen molar-refractivity contribution >= 4 is 17.8 Å². The molecule has 8 nitrogen and oxygen atoms in total. The number of aromatic nitrogens is 1. The van der Waals surface area contributed by atoms with E-state index < -0.39 is 0 Å². The highest BCUT2D eigenvalue weighted by molar-refractivity contribution is 6.05. The van der Waals surface area contributed by atoms with Gasteiger partial charge < -0.3 is 30.7 Å². The third-order valence-corrected chi connectivity index (χ3v) is 6.43. The molecule has 1 aromatic heterocycles. The van der Waals surface area contributed by atoms with Gasteiger partial charge in [-0.25, -0.2) is 0 Å². The Hall–Kier alpha value is -2.97. The van der Waals surface area contributed by atoms with Crippen LogP contribution >= 0.6 is 0 Å². The van der Waals surface area contributed by atoms with E-state index in [-0.39, 0.29) is 18.0 Å². The average Bonchev–Trinajstić information content (AvgIpc) is 3.30. The van der Waals surface area contributed by atoms with Crippen molar-refractivity contribution in [1.29, 1.82) is 5.41 Å². The van der Waals surface area contributed by atoms with Crippen LogP contribution < -0.4 is 16.2 Å². The Labute approximate surface area is 208 Å². The van der Waals surface area contributed by atoms with Crippen molar-refractivity contribution in [2.45, 2.75) is 65.1 Å². The van der Waals surface area contributed by atoms with E-state index in [1.54, 1.807) is 6.07 Å². The number of rotatable bonds is 12. The minimum absolute atomic E-state index is 0.119. The smallest absolute Gasteiger partial charge is 0.253 e. The van der Waals surface area contributed by atoms with Crippen LogP contribution in [0, 0.1) is 19.3 Å². The molecule has 0 unspecified atom stereocenters. The van der Waals surface area contributed by atoms with E-state index in [9.17, 15) is 9.59 Å². The van der Waals surface area contributed by atoms with Crippen molar-refractivity contribution in [3.8, 4) is 0 Å². The van der Waals surface area contributed by atoms with Gasteiger partial charge in [-0.1, -0.05) is 12.8 Å². The summed E-state index contributed by atoms with van der Waals surface area (Å²) in [6.45, 7) is 5.79. The van der Waals surface area contributed by atoms with Crippen LogP contribution in [0.5, 0.6) is 0 Å². The Bertz CT molecular complexity index is 1090. The number of nitrogens with zero attached hydrogens (tertiary/aromatic N) is 1. The van der Waals surface area contributed by atoms with Crippen molar-refractivity contribution in [3.63, 3.8) is 0 Å². The topological polar surface area (TPSA) is 110 Å². The van der Waals surface area contributed by atoms with Crippen LogP contribution in [0.4, 0.5) is 5.69 Å². The largest absolute Gasteiger partial charge is 0.382 e. The molecule has 0 aliphatic heterocycles. The molecule has 1 saturated carbocycles. The molecule has 35 heavy (non-hydrogen) atoms. The van der Waals surface area contributed by atoms with Gasteiger partial charge in [-0.2, -0.15) is 0 Å². The highest BCUT2D eigenvalue weighted by Crippen LogP contribution is 2.27. The van der Waals surface area contributed by atoms with Gasteiger partial charge in [-0.05, 0) is 83.1 Å². The molecule has 1 heterocycles. The molecule has 3 rings (SSSR count). The first kappa shape index (κ1) is 26.6. The fourth-order valence-corrected chi connectivity index (χ4v) is 4.59. The Morgan fingerprint density at radius 3 is 2.63 bits per heavy atom. The molecule has 1 amide bonds. The Kier molecular flexibility index (Phi) is 9.63. The van der Waals surface area contributed by atoms with Crippen LogP contribution in [0.1, 0.15) is 70.4 Å². The summed E-state index contributed by atoms with van der Waals surface area (Å²) in [4.78, 5) is 30.6. The SMILES string of the molecule is Cc1cc(C)c(CNC(=O)c2cc(COCCCN(C)C)cc(NC3CCCC3)c2C=N)c(=O)[nH]1. The monoisotopic (exact) mass is 481 g/mol.